The number of thioether (sulfide) groups is 1. The van der Waals surface area contributed by atoms with Crippen LogP contribution in [0.25, 0.3) is 0 Å². The van der Waals surface area contributed by atoms with Gasteiger partial charge in [-0.15, -0.1) is 0 Å². The summed E-state index contributed by atoms with van der Waals surface area (Å²) in [7, 11) is 0. The topological polar surface area (TPSA) is 55.2 Å². The van der Waals surface area contributed by atoms with Crippen LogP contribution in [0.4, 0.5) is 15.8 Å². The molecule has 104 valence electrons. The number of hydrogen-bond donors (Lipinski definition) is 1. The van der Waals surface area contributed by atoms with Crippen molar-refractivity contribution in [3.8, 4) is 0 Å². The fourth-order valence-corrected chi connectivity index (χ4v) is 3.64. The van der Waals surface area contributed by atoms with E-state index in [-0.39, 0.29) is 22.8 Å². The molecule has 0 spiro atoms. The summed E-state index contributed by atoms with van der Waals surface area (Å²) in [6, 6.07) is 3.99. The highest BCUT2D eigenvalue weighted by Gasteiger charge is 2.30. The molecule has 1 aliphatic heterocycles. The Balaban J connectivity index is 2.21. The second kappa shape index (κ2) is 5.36. The minimum absolute atomic E-state index is 0.0100. The Labute approximate surface area is 115 Å². The van der Waals surface area contributed by atoms with Crippen LogP contribution in [0, 0.1) is 21.3 Å². The fraction of sp³-hybridized carbons (Fsp3) is 0.538. The summed E-state index contributed by atoms with van der Waals surface area (Å²) in [5, 5.41) is 14.0. The molecule has 19 heavy (non-hydrogen) atoms. The first kappa shape index (κ1) is 14.1. The predicted octanol–water partition coefficient (Wildman–Crippen LogP) is 3.68. The third-order valence-corrected chi connectivity index (χ3v) is 4.77. The Morgan fingerprint density at radius 1 is 1.53 bits per heavy atom. The van der Waals surface area contributed by atoms with Crippen LogP contribution < -0.4 is 5.32 Å². The normalized spacial score (nSPS) is 21.9. The number of hydrogen-bond acceptors (Lipinski definition) is 4. The average molecular weight is 284 g/mol. The number of nitro benzene ring substituents is 1. The summed E-state index contributed by atoms with van der Waals surface area (Å²) in [6.07, 6.45) is 0.880. The van der Waals surface area contributed by atoms with Gasteiger partial charge in [-0.05, 0) is 23.7 Å². The molecule has 1 saturated heterocycles. The number of rotatable bonds is 3. The van der Waals surface area contributed by atoms with Crippen molar-refractivity contribution < 1.29 is 9.31 Å². The molecule has 4 nitrogen and oxygen atoms in total. The summed E-state index contributed by atoms with van der Waals surface area (Å²) in [5.41, 5.74) is -0.0233. The monoisotopic (exact) mass is 284 g/mol. The van der Waals surface area contributed by atoms with Gasteiger partial charge in [0.15, 0.2) is 5.82 Å². The Morgan fingerprint density at radius 3 is 2.89 bits per heavy atom. The lowest BCUT2D eigenvalue weighted by molar-refractivity contribution is -0.384. The van der Waals surface area contributed by atoms with Crippen LogP contribution in [0.3, 0.4) is 0 Å². The second-order valence-electron chi connectivity index (χ2n) is 5.62. The van der Waals surface area contributed by atoms with Crippen LogP contribution in [0.1, 0.15) is 20.3 Å². The molecule has 0 aliphatic carbocycles. The molecule has 0 radical (unpaired) electrons. The summed E-state index contributed by atoms with van der Waals surface area (Å²) >= 11 is 1.79. The van der Waals surface area contributed by atoms with Gasteiger partial charge in [0.05, 0.1) is 4.92 Å². The molecule has 0 saturated carbocycles. The van der Waals surface area contributed by atoms with E-state index in [1.165, 1.54) is 18.2 Å². The van der Waals surface area contributed by atoms with Gasteiger partial charge >= 0.3 is 0 Å². The maximum Gasteiger partial charge on any atom is 0.295 e. The summed E-state index contributed by atoms with van der Waals surface area (Å²) < 4.78 is 13.8. The number of para-hydroxylation sites is 1. The van der Waals surface area contributed by atoms with E-state index in [0.29, 0.717) is 0 Å². The van der Waals surface area contributed by atoms with Crippen molar-refractivity contribution in [2.45, 2.75) is 26.3 Å². The van der Waals surface area contributed by atoms with E-state index < -0.39 is 10.7 Å². The van der Waals surface area contributed by atoms with Crippen LogP contribution in [0.15, 0.2) is 18.2 Å². The molecule has 1 N–H and O–H groups in total. The van der Waals surface area contributed by atoms with E-state index in [2.05, 4.69) is 19.2 Å². The molecule has 1 aromatic rings. The van der Waals surface area contributed by atoms with Crippen molar-refractivity contribution >= 4 is 23.1 Å². The maximum atomic E-state index is 13.8. The second-order valence-corrected chi connectivity index (χ2v) is 6.65. The van der Waals surface area contributed by atoms with Gasteiger partial charge in [-0.25, -0.2) is 4.39 Å². The van der Waals surface area contributed by atoms with E-state index >= 15 is 0 Å². The number of benzene rings is 1. The van der Waals surface area contributed by atoms with Gasteiger partial charge in [-0.1, -0.05) is 19.9 Å². The first-order valence-electron chi connectivity index (χ1n) is 6.16. The summed E-state index contributed by atoms with van der Waals surface area (Å²) in [6.45, 7) is 4.31. The zero-order chi connectivity index (χ0) is 14.0. The average Bonchev–Trinajstić information content (AvgIpc) is 2.30. The highest BCUT2D eigenvalue weighted by atomic mass is 32.2. The van der Waals surface area contributed by atoms with Crippen molar-refractivity contribution in [2.24, 2.45) is 5.41 Å². The van der Waals surface area contributed by atoms with E-state index in [9.17, 15) is 14.5 Å². The minimum atomic E-state index is -0.567. The van der Waals surface area contributed by atoms with Gasteiger partial charge in [0, 0.05) is 17.9 Å². The molecule has 1 aliphatic rings. The summed E-state index contributed by atoms with van der Waals surface area (Å²) in [4.78, 5) is 10.4. The fourth-order valence-electron chi connectivity index (χ4n) is 2.37. The molecule has 0 amide bonds. The maximum absolute atomic E-state index is 13.8. The zero-order valence-electron chi connectivity index (χ0n) is 11.0. The molecule has 2 rings (SSSR count). The standard InChI is InChI=1S/C13H17FN2O2S/c1-13(2)6-9(7-19-8-13)15-12-10(14)4-3-5-11(12)16(17)18/h3-5,9,15H,6-8H2,1-2H3. The predicted molar refractivity (Wildman–Crippen MR) is 76.2 cm³/mol. The minimum Gasteiger partial charge on any atom is -0.373 e. The quantitative estimate of drug-likeness (QED) is 0.679. The lowest BCUT2D eigenvalue weighted by atomic mass is 9.87. The zero-order valence-corrected chi connectivity index (χ0v) is 11.8. The van der Waals surface area contributed by atoms with Crippen molar-refractivity contribution in [1.29, 1.82) is 0 Å². The first-order chi connectivity index (χ1) is 8.89. The van der Waals surface area contributed by atoms with Gasteiger partial charge in [0.2, 0.25) is 0 Å². The Kier molecular flexibility index (Phi) is 3.99. The van der Waals surface area contributed by atoms with E-state index in [0.717, 1.165) is 17.9 Å². The number of nitrogens with zero attached hydrogens (tertiary/aromatic N) is 1. The van der Waals surface area contributed by atoms with Crippen molar-refractivity contribution in [1.82, 2.24) is 0 Å². The SMILES string of the molecule is CC1(C)CSCC(Nc2c(F)cccc2[N+](=O)[O-])C1. The Morgan fingerprint density at radius 2 is 2.26 bits per heavy atom. The van der Waals surface area contributed by atoms with Gasteiger partial charge in [-0.3, -0.25) is 10.1 Å². The van der Waals surface area contributed by atoms with Gasteiger partial charge < -0.3 is 5.32 Å². The highest BCUT2D eigenvalue weighted by molar-refractivity contribution is 7.99. The number of nitro groups is 1. The number of nitrogens with one attached hydrogen (secondary N) is 1. The molecule has 1 unspecified atom stereocenters. The molecule has 1 fully saturated rings. The van der Waals surface area contributed by atoms with Crippen LogP contribution in [0.5, 0.6) is 0 Å². The molecular formula is C13H17FN2O2S. The van der Waals surface area contributed by atoms with E-state index in [1.54, 1.807) is 11.8 Å². The van der Waals surface area contributed by atoms with Crippen LogP contribution in [-0.2, 0) is 0 Å². The lowest BCUT2D eigenvalue weighted by Gasteiger charge is -2.35. The smallest absolute Gasteiger partial charge is 0.295 e. The first-order valence-corrected chi connectivity index (χ1v) is 7.32. The van der Waals surface area contributed by atoms with Crippen molar-refractivity contribution in [2.75, 3.05) is 16.8 Å². The molecule has 0 bridgehead atoms. The van der Waals surface area contributed by atoms with Gasteiger partial charge in [0.25, 0.3) is 5.69 Å². The lowest BCUT2D eigenvalue weighted by Crippen LogP contribution is -2.35. The van der Waals surface area contributed by atoms with E-state index in [4.69, 9.17) is 0 Å². The highest BCUT2D eigenvalue weighted by Crippen LogP contribution is 2.36. The molecular weight excluding hydrogens is 267 g/mol. The largest absolute Gasteiger partial charge is 0.373 e. The van der Waals surface area contributed by atoms with Crippen LogP contribution in [0.2, 0.25) is 0 Å². The third-order valence-electron chi connectivity index (χ3n) is 3.15. The Bertz CT molecular complexity index is 494. The van der Waals surface area contributed by atoms with Crippen LogP contribution in [-0.4, -0.2) is 22.5 Å². The van der Waals surface area contributed by atoms with Gasteiger partial charge in [-0.2, -0.15) is 11.8 Å². The van der Waals surface area contributed by atoms with Crippen LogP contribution >= 0.6 is 11.8 Å². The molecule has 1 heterocycles. The number of anilines is 1. The molecule has 6 heteroatoms. The summed E-state index contributed by atoms with van der Waals surface area (Å²) in [5.74, 6) is 1.34. The molecule has 1 atom stereocenters. The molecule has 1 aromatic carbocycles. The van der Waals surface area contributed by atoms with Crippen molar-refractivity contribution in [3.05, 3.63) is 34.1 Å². The van der Waals surface area contributed by atoms with Gasteiger partial charge in [0.1, 0.15) is 5.69 Å². The van der Waals surface area contributed by atoms with Crippen molar-refractivity contribution in [3.63, 3.8) is 0 Å². The Hall–Kier alpha value is -1.30. The number of halogens is 1. The molecule has 0 aromatic heterocycles. The van der Waals surface area contributed by atoms with E-state index in [1.807, 2.05) is 0 Å². The third kappa shape index (κ3) is 3.37.